The summed E-state index contributed by atoms with van der Waals surface area (Å²) in [5.74, 6) is -1.39. The van der Waals surface area contributed by atoms with Crippen molar-refractivity contribution < 1.29 is 80.2 Å². The van der Waals surface area contributed by atoms with Crippen LogP contribution in [-0.2, 0) is 65.4 Å². The number of phosphoric ester groups is 2. The predicted molar refractivity (Wildman–Crippen MR) is 294 cm³/mol. The van der Waals surface area contributed by atoms with Gasteiger partial charge in [0, 0.05) is 25.7 Å². The van der Waals surface area contributed by atoms with E-state index in [0.717, 1.165) is 121 Å². The Morgan fingerprint density at radius 2 is 0.640 bits per heavy atom. The highest BCUT2D eigenvalue weighted by Gasteiger charge is 2.30. The summed E-state index contributed by atoms with van der Waals surface area (Å²) in [6, 6.07) is 0. The molecule has 444 valence electrons. The molecule has 19 heteroatoms. The van der Waals surface area contributed by atoms with Crippen LogP contribution in [0.15, 0.2) is 0 Å². The quantitative estimate of drug-likeness (QED) is 0.0222. The molecule has 0 bridgehead atoms. The molecule has 0 radical (unpaired) electrons. The fourth-order valence-corrected chi connectivity index (χ4v) is 9.71. The Morgan fingerprint density at radius 3 is 0.947 bits per heavy atom. The van der Waals surface area contributed by atoms with Crippen molar-refractivity contribution in [2.75, 3.05) is 39.6 Å². The van der Waals surface area contributed by atoms with E-state index in [1.807, 2.05) is 0 Å². The van der Waals surface area contributed by atoms with Crippen molar-refractivity contribution in [2.24, 2.45) is 5.92 Å². The fraction of sp³-hybridized carbons (Fsp3) is 0.929. The second-order valence-corrected chi connectivity index (χ2v) is 23.5. The van der Waals surface area contributed by atoms with E-state index in [0.29, 0.717) is 25.7 Å². The molecule has 17 nitrogen and oxygen atoms in total. The number of ether oxygens (including phenoxy) is 4. The van der Waals surface area contributed by atoms with Crippen LogP contribution < -0.4 is 0 Å². The first-order valence-corrected chi connectivity index (χ1v) is 32.7. The number of unbranched alkanes of at least 4 members (excludes halogenated alkanes) is 27. The highest BCUT2D eigenvalue weighted by molar-refractivity contribution is 7.47. The van der Waals surface area contributed by atoms with Gasteiger partial charge < -0.3 is 33.8 Å². The highest BCUT2D eigenvalue weighted by Crippen LogP contribution is 2.45. The lowest BCUT2D eigenvalue weighted by molar-refractivity contribution is -0.161. The van der Waals surface area contributed by atoms with Gasteiger partial charge in [0.1, 0.15) is 19.3 Å². The van der Waals surface area contributed by atoms with Crippen LogP contribution in [0.5, 0.6) is 0 Å². The molecule has 0 rings (SSSR count). The molecule has 0 aromatic rings. The number of hydrogen-bond acceptors (Lipinski definition) is 15. The van der Waals surface area contributed by atoms with E-state index in [1.54, 1.807) is 0 Å². The zero-order valence-corrected chi connectivity index (χ0v) is 49.5. The standard InChI is InChI=1S/C56H108O17P2/c1-6-10-13-16-19-20-26-30-35-40-54(59)67-46-52(73-56(61)42-37-32-27-22-21-25-28-33-38-49(5)9-4)48-71-75(64,65)69-44-50(57)43-68-74(62,63)70-47-51(72-55(60)41-36-31-24-18-15-12-8-3)45-66-53(58)39-34-29-23-17-14-11-7-2/h49-52,57H,6-48H2,1-5H3,(H,62,63)(H,64,65)/t49?,50-,51+,52+/m0/s1. The Bertz CT molecular complexity index is 1490. The number of phosphoric acid groups is 2. The Kier molecular flexibility index (Phi) is 49.0. The summed E-state index contributed by atoms with van der Waals surface area (Å²) in [5.41, 5.74) is 0. The van der Waals surface area contributed by atoms with Crippen molar-refractivity contribution in [1.82, 2.24) is 0 Å². The largest absolute Gasteiger partial charge is 0.472 e. The van der Waals surface area contributed by atoms with E-state index in [2.05, 4.69) is 34.6 Å². The van der Waals surface area contributed by atoms with Gasteiger partial charge in [-0.1, -0.05) is 221 Å². The van der Waals surface area contributed by atoms with Gasteiger partial charge in [-0.2, -0.15) is 0 Å². The first kappa shape index (κ1) is 73.1. The van der Waals surface area contributed by atoms with E-state index in [9.17, 15) is 43.2 Å². The summed E-state index contributed by atoms with van der Waals surface area (Å²) in [5, 5.41) is 10.5. The third-order valence-corrected chi connectivity index (χ3v) is 15.0. The third kappa shape index (κ3) is 50.1. The molecule has 0 heterocycles. The Balaban J connectivity index is 5.20. The van der Waals surface area contributed by atoms with Gasteiger partial charge in [0.2, 0.25) is 0 Å². The van der Waals surface area contributed by atoms with Crippen LogP contribution in [0.4, 0.5) is 0 Å². The monoisotopic (exact) mass is 1110 g/mol. The maximum atomic E-state index is 12.9. The maximum Gasteiger partial charge on any atom is 0.472 e. The van der Waals surface area contributed by atoms with Crippen LogP contribution in [0.25, 0.3) is 0 Å². The van der Waals surface area contributed by atoms with Gasteiger partial charge in [0.05, 0.1) is 26.4 Å². The number of aliphatic hydroxyl groups is 1. The molecule has 0 spiro atoms. The first-order valence-electron chi connectivity index (χ1n) is 29.7. The van der Waals surface area contributed by atoms with Gasteiger partial charge in [0.15, 0.2) is 12.2 Å². The molecule has 0 aliphatic heterocycles. The van der Waals surface area contributed by atoms with Crippen molar-refractivity contribution in [3.8, 4) is 0 Å². The summed E-state index contributed by atoms with van der Waals surface area (Å²) < 4.78 is 67.4. The molecule has 0 saturated carbocycles. The Hall–Kier alpha value is -1.94. The van der Waals surface area contributed by atoms with Crippen molar-refractivity contribution in [1.29, 1.82) is 0 Å². The third-order valence-electron chi connectivity index (χ3n) is 13.1. The molecule has 0 aromatic carbocycles. The average Bonchev–Trinajstić information content (AvgIpc) is 3.38. The van der Waals surface area contributed by atoms with Gasteiger partial charge in [-0.3, -0.25) is 37.3 Å². The minimum Gasteiger partial charge on any atom is -0.462 e. The molecular weight excluding hydrogens is 1010 g/mol. The summed E-state index contributed by atoms with van der Waals surface area (Å²) in [6.07, 6.45) is 30.9. The van der Waals surface area contributed by atoms with Crippen molar-refractivity contribution in [3.05, 3.63) is 0 Å². The molecule has 3 N–H and O–H groups in total. The molecule has 0 aliphatic rings. The number of esters is 4. The Labute approximate surface area is 454 Å². The van der Waals surface area contributed by atoms with Crippen LogP contribution in [0, 0.1) is 5.92 Å². The number of carbonyl (C=O) groups is 4. The molecule has 0 aliphatic carbocycles. The van der Waals surface area contributed by atoms with Crippen LogP contribution in [0.1, 0.15) is 272 Å². The molecule has 0 aromatic heterocycles. The number of carbonyl (C=O) groups excluding carboxylic acids is 4. The van der Waals surface area contributed by atoms with Crippen LogP contribution in [-0.4, -0.2) is 96.7 Å². The highest BCUT2D eigenvalue weighted by atomic mass is 31.2. The minimum absolute atomic E-state index is 0.103. The van der Waals surface area contributed by atoms with Crippen LogP contribution >= 0.6 is 15.6 Å². The van der Waals surface area contributed by atoms with Crippen molar-refractivity contribution >= 4 is 39.5 Å². The second kappa shape index (κ2) is 50.3. The normalized spacial score (nSPS) is 14.8. The Morgan fingerprint density at radius 1 is 0.373 bits per heavy atom. The summed E-state index contributed by atoms with van der Waals surface area (Å²) in [7, 11) is -9.86. The first-order chi connectivity index (χ1) is 36.1. The molecule has 0 saturated heterocycles. The topological polar surface area (TPSA) is 237 Å². The van der Waals surface area contributed by atoms with Gasteiger partial charge in [0.25, 0.3) is 0 Å². The lowest BCUT2D eigenvalue weighted by Gasteiger charge is -2.21. The van der Waals surface area contributed by atoms with E-state index in [4.69, 9.17) is 37.0 Å². The number of aliphatic hydroxyl groups excluding tert-OH is 1. The fourth-order valence-electron chi connectivity index (χ4n) is 8.14. The lowest BCUT2D eigenvalue weighted by Crippen LogP contribution is -2.30. The van der Waals surface area contributed by atoms with Crippen molar-refractivity contribution in [3.63, 3.8) is 0 Å². The van der Waals surface area contributed by atoms with E-state index in [-0.39, 0.29) is 25.7 Å². The molecule has 6 atom stereocenters. The van der Waals surface area contributed by atoms with Gasteiger partial charge >= 0.3 is 39.5 Å². The molecule has 75 heavy (non-hydrogen) atoms. The molecular formula is C56H108O17P2. The summed E-state index contributed by atoms with van der Waals surface area (Å²) >= 11 is 0. The second-order valence-electron chi connectivity index (χ2n) is 20.6. The zero-order chi connectivity index (χ0) is 55.7. The maximum absolute atomic E-state index is 12.9. The van der Waals surface area contributed by atoms with Gasteiger partial charge in [-0.15, -0.1) is 0 Å². The predicted octanol–water partition coefficient (Wildman–Crippen LogP) is 14.7. The lowest BCUT2D eigenvalue weighted by atomic mass is 9.99. The van der Waals surface area contributed by atoms with E-state index >= 15 is 0 Å². The van der Waals surface area contributed by atoms with Gasteiger partial charge in [-0.05, 0) is 31.6 Å². The smallest absolute Gasteiger partial charge is 0.462 e. The minimum atomic E-state index is -4.93. The number of rotatable bonds is 56. The molecule has 0 fully saturated rings. The zero-order valence-electron chi connectivity index (χ0n) is 47.7. The van der Waals surface area contributed by atoms with Gasteiger partial charge in [-0.25, -0.2) is 9.13 Å². The van der Waals surface area contributed by atoms with E-state index < -0.39 is 97.5 Å². The van der Waals surface area contributed by atoms with E-state index in [1.165, 1.54) is 70.6 Å². The SMILES string of the molecule is CCCCCCCCCCCC(=O)OC[C@H](COP(=O)(O)OC[C@@H](O)COP(=O)(O)OC[C@@H](COC(=O)CCCCCCCCC)OC(=O)CCCCCCCCC)OC(=O)CCCCCCCCCCC(C)CC. The summed E-state index contributed by atoms with van der Waals surface area (Å²) in [4.78, 5) is 71.5. The van der Waals surface area contributed by atoms with Crippen molar-refractivity contribution in [2.45, 2.75) is 291 Å². The molecule has 0 amide bonds. The van der Waals surface area contributed by atoms with Crippen LogP contribution in [0.3, 0.4) is 0 Å². The summed E-state index contributed by atoms with van der Waals surface area (Å²) in [6.45, 7) is 7.03. The molecule has 3 unspecified atom stereocenters. The number of hydrogen-bond donors (Lipinski definition) is 3. The van der Waals surface area contributed by atoms with Crippen LogP contribution in [0.2, 0.25) is 0 Å². The average molecular weight is 1120 g/mol.